The second-order valence-corrected chi connectivity index (χ2v) is 5.90. The quantitative estimate of drug-likeness (QED) is 0.722. The standard InChI is InChI=1S/C16H12BrN3S/c17-12-8-6-11(7-9-12)15-14(16(18)21)10-20(19-15)13-4-2-1-3-5-13/h1-10H,(H2,18,21). The summed E-state index contributed by atoms with van der Waals surface area (Å²) in [6, 6.07) is 17.8. The van der Waals surface area contributed by atoms with Gasteiger partial charge >= 0.3 is 0 Å². The van der Waals surface area contributed by atoms with E-state index in [1.165, 1.54) is 0 Å². The molecule has 0 bridgehead atoms. The molecule has 0 amide bonds. The fraction of sp³-hybridized carbons (Fsp3) is 0. The average Bonchev–Trinajstić information content (AvgIpc) is 2.94. The number of aromatic nitrogens is 2. The van der Waals surface area contributed by atoms with Crippen LogP contribution in [0.15, 0.2) is 65.3 Å². The molecule has 21 heavy (non-hydrogen) atoms. The van der Waals surface area contributed by atoms with E-state index in [1.807, 2.05) is 60.8 Å². The summed E-state index contributed by atoms with van der Waals surface area (Å²) in [6.07, 6.45) is 1.87. The molecule has 2 N–H and O–H groups in total. The lowest BCUT2D eigenvalue weighted by Crippen LogP contribution is -2.09. The smallest absolute Gasteiger partial charge is 0.107 e. The third-order valence-electron chi connectivity index (χ3n) is 3.12. The monoisotopic (exact) mass is 357 g/mol. The molecule has 0 atom stereocenters. The summed E-state index contributed by atoms with van der Waals surface area (Å²) in [4.78, 5) is 0.343. The number of benzene rings is 2. The highest BCUT2D eigenvalue weighted by molar-refractivity contribution is 9.10. The van der Waals surface area contributed by atoms with Crippen LogP contribution in [0.1, 0.15) is 5.56 Å². The molecule has 1 aromatic heterocycles. The van der Waals surface area contributed by atoms with E-state index < -0.39 is 0 Å². The lowest BCUT2D eigenvalue weighted by Gasteiger charge is -2.01. The Labute approximate surface area is 136 Å². The van der Waals surface area contributed by atoms with Crippen LogP contribution in [0.25, 0.3) is 16.9 Å². The second-order valence-electron chi connectivity index (χ2n) is 4.54. The van der Waals surface area contributed by atoms with Crippen LogP contribution in [0.4, 0.5) is 0 Å². The summed E-state index contributed by atoms with van der Waals surface area (Å²) in [5.41, 5.74) is 9.36. The van der Waals surface area contributed by atoms with Crippen LogP contribution >= 0.6 is 28.1 Å². The Morgan fingerprint density at radius 1 is 1.05 bits per heavy atom. The predicted octanol–water partition coefficient (Wildman–Crippen LogP) is 3.94. The number of hydrogen-bond donors (Lipinski definition) is 1. The number of nitrogens with two attached hydrogens (primary N) is 1. The zero-order chi connectivity index (χ0) is 14.8. The number of para-hydroxylation sites is 1. The maximum atomic E-state index is 5.84. The molecular formula is C16H12BrN3S. The highest BCUT2D eigenvalue weighted by atomic mass is 79.9. The number of rotatable bonds is 3. The first kappa shape index (κ1) is 14.0. The van der Waals surface area contributed by atoms with Crippen molar-refractivity contribution < 1.29 is 0 Å². The molecule has 2 aromatic carbocycles. The van der Waals surface area contributed by atoms with Crippen LogP contribution < -0.4 is 5.73 Å². The highest BCUT2D eigenvalue weighted by Gasteiger charge is 2.14. The second kappa shape index (κ2) is 5.79. The number of thiocarbonyl (C=S) groups is 1. The van der Waals surface area contributed by atoms with Crippen LogP contribution in [0.2, 0.25) is 0 Å². The zero-order valence-corrected chi connectivity index (χ0v) is 13.4. The summed E-state index contributed by atoms with van der Waals surface area (Å²) >= 11 is 8.59. The summed E-state index contributed by atoms with van der Waals surface area (Å²) in [6.45, 7) is 0. The maximum Gasteiger partial charge on any atom is 0.107 e. The van der Waals surface area contributed by atoms with Crippen LogP contribution in [-0.4, -0.2) is 14.8 Å². The molecule has 0 saturated carbocycles. The highest BCUT2D eigenvalue weighted by Crippen LogP contribution is 2.25. The van der Waals surface area contributed by atoms with Gasteiger partial charge in [0.05, 0.1) is 11.3 Å². The molecule has 0 saturated heterocycles. The van der Waals surface area contributed by atoms with Gasteiger partial charge in [-0.15, -0.1) is 0 Å². The molecule has 0 aliphatic rings. The van der Waals surface area contributed by atoms with Gasteiger partial charge < -0.3 is 5.73 Å². The van der Waals surface area contributed by atoms with Crippen molar-refractivity contribution in [2.24, 2.45) is 5.73 Å². The Hall–Kier alpha value is -1.98. The summed E-state index contributed by atoms with van der Waals surface area (Å²) < 4.78 is 2.82. The van der Waals surface area contributed by atoms with Gasteiger partial charge in [0, 0.05) is 16.2 Å². The van der Waals surface area contributed by atoms with E-state index in [2.05, 4.69) is 21.0 Å². The largest absolute Gasteiger partial charge is 0.389 e. The van der Waals surface area contributed by atoms with Crippen molar-refractivity contribution in [2.75, 3.05) is 0 Å². The molecule has 0 unspecified atom stereocenters. The SMILES string of the molecule is NC(=S)c1cn(-c2ccccc2)nc1-c1ccc(Br)cc1. The molecule has 0 spiro atoms. The Bertz CT molecular complexity index is 779. The van der Waals surface area contributed by atoms with Crippen LogP contribution in [0.5, 0.6) is 0 Å². The lowest BCUT2D eigenvalue weighted by atomic mass is 10.1. The number of halogens is 1. The van der Waals surface area contributed by atoms with Crippen molar-refractivity contribution in [3.8, 4) is 16.9 Å². The summed E-state index contributed by atoms with van der Waals surface area (Å²) in [5.74, 6) is 0. The molecule has 3 nitrogen and oxygen atoms in total. The van der Waals surface area contributed by atoms with Gasteiger partial charge in [0.1, 0.15) is 10.7 Å². The maximum absolute atomic E-state index is 5.84. The molecular weight excluding hydrogens is 346 g/mol. The molecule has 0 aliphatic heterocycles. The Kier molecular flexibility index (Phi) is 3.86. The van der Waals surface area contributed by atoms with E-state index in [0.29, 0.717) is 4.99 Å². The Morgan fingerprint density at radius 2 is 1.71 bits per heavy atom. The minimum absolute atomic E-state index is 0.343. The van der Waals surface area contributed by atoms with Crippen molar-refractivity contribution >= 4 is 33.1 Å². The fourth-order valence-corrected chi connectivity index (χ4v) is 2.50. The van der Waals surface area contributed by atoms with Crippen molar-refractivity contribution in [3.63, 3.8) is 0 Å². The van der Waals surface area contributed by atoms with Gasteiger partial charge in [-0.2, -0.15) is 5.10 Å². The van der Waals surface area contributed by atoms with Crippen molar-refractivity contribution in [2.45, 2.75) is 0 Å². The first-order valence-electron chi connectivity index (χ1n) is 6.36. The van der Waals surface area contributed by atoms with Crippen molar-refractivity contribution in [1.82, 2.24) is 9.78 Å². The van der Waals surface area contributed by atoms with Gasteiger partial charge in [-0.25, -0.2) is 4.68 Å². The van der Waals surface area contributed by atoms with Crippen molar-refractivity contribution in [3.05, 3.63) is 70.8 Å². The average molecular weight is 358 g/mol. The van der Waals surface area contributed by atoms with Crippen molar-refractivity contribution in [1.29, 1.82) is 0 Å². The molecule has 0 fully saturated rings. The van der Waals surface area contributed by atoms with Gasteiger partial charge in [-0.05, 0) is 24.3 Å². The van der Waals surface area contributed by atoms with E-state index >= 15 is 0 Å². The fourth-order valence-electron chi connectivity index (χ4n) is 2.09. The van der Waals surface area contributed by atoms with Crippen LogP contribution in [0.3, 0.4) is 0 Å². The molecule has 0 radical (unpaired) electrons. The molecule has 1 heterocycles. The first-order valence-corrected chi connectivity index (χ1v) is 7.56. The minimum atomic E-state index is 0.343. The Balaban J connectivity index is 2.14. The first-order chi connectivity index (χ1) is 10.1. The molecule has 3 rings (SSSR count). The Morgan fingerprint density at radius 3 is 2.33 bits per heavy atom. The van der Waals surface area contributed by atoms with E-state index in [9.17, 15) is 0 Å². The van der Waals surface area contributed by atoms with Gasteiger partial charge in [0.2, 0.25) is 0 Å². The van der Waals surface area contributed by atoms with Gasteiger partial charge in [-0.1, -0.05) is 58.5 Å². The van der Waals surface area contributed by atoms with E-state index in [4.69, 9.17) is 18.0 Å². The molecule has 5 heteroatoms. The molecule has 3 aromatic rings. The zero-order valence-electron chi connectivity index (χ0n) is 11.0. The number of nitrogens with zero attached hydrogens (tertiary/aromatic N) is 2. The normalized spacial score (nSPS) is 10.5. The lowest BCUT2D eigenvalue weighted by molar-refractivity contribution is 0.884. The molecule has 0 aliphatic carbocycles. The van der Waals surface area contributed by atoms with E-state index in [1.54, 1.807) is 4.68 Å². The topological polar surface area (TPSA) is 43.8 Å². The third kappa shape index (κ3) is 2.89. The van der Waals surface area contributed by atoms with Gasteiger partial charge in [0.25, 0.3) is 0 Å². The molecule has 104 valence electrons. The van der Waals surface area contributed by atoms with Crippen LogP contribution in [0, 0.1) is 0 Å². The van der Waals surface area contributed by atoms with Gasteiger partial charge in [0.15, 0.2) is 0 Å². The van der Waals surface area contributed by atoms with E-state index in [0.717, 1.165) is 27.0 Å². The van der Waals surface area contributed by atoms with Crippen LogP contribution in [-0.2, 0) is 0 Å². The predicted molar refractivity (Wildman–Crippen MR) is 92.6 cm³/mol. The minimum Gasteiger partial charge on any atom is -0.389 e. The van der Waals surface area contributed by atoms with E-state index in [-0.39, 0.29) is 0 Å². The van der Waals surface area contributed by atoms with Gasteiger partial charge in [-0.3, -0.25) is 0 Å². The number of hydrogen-bond acceptors (Lipinski definition) is 2. The summed E-state index contributed by atoms with van der Waals surface area (Å²) in [5, 5.41) is 4.64. The third-order valence-corrected chi connectivity index (χ3v) is 3.87. The summed E-state index contributed by atoms with van der Waals surface area (Å²) in [7, 11) is 0.